The molecule has 2 aromatic carbocycles. The molecule has 0 spiro atoms. The SMILES string of the molecule is CCN(CC)S(=O)(=O)c1ccc(N(C(=O)Cn2nnc3ccccc32)[C@H](C(=O)NC2CCCCC2)c2cn(C)nc2C)cc1. The van der Waals surface area contributed by atoms with Crippen molar-refractivity contribution in [1.82, 2.24) is 34.4 Å². The van der Waals surface area contributed by atoms with E-state index in [1.807, 2.05) is 31.2 Å². The number of hydrogen-bond donors (Lipinski definition) is 1. The largest absolute Gasteiger partial charge is 0.351 e. The van der Waals surface area contributed by atoms with Crippen LogP contribution in [0.2, 0.25) is 0 Å². The Kier molecular flexibility index (Phi) is 9.45. The zero-order valence-corrected chi connectivity index (χ0v) is 26.5. The lowest BCUT2D eigenvalue weighted by Gasteiger charge is -2.33. The van der Waals surface area contributed by atoms with Gasteiger partial charge < -0.3 is 5.32 Å². The van der Waals surface area contributed by atoms with Crippen LogP contribution in [-0.2, 0) is 33.2 Å². The molecule has 1 aliphatic carbocycles. The fourth-order valence-electron chi connectivity index (χ4n) is 5.98. The van der Waals surface area contributed by atoms with Crippen molar-refractivity contribution in [2.45, 2.75) is 76.4 Å². The van der Waals surface area contributed by atoms with Crippen molar-refractivity contribution < 1.29 is 18.0 Å². The molecule has 0 bridgehead atoms. The van der Waals surface area contributed by atoms with Gasteiger partial charge in [0.2, 0.25) is 21.8 Å². The topological polar surface area (TPSA) is 135 Å². The molecule has 2 amide bonds. The number of anilines is 1. The van der Waals surface area contributed by atoms with Crippen molar-refractivity contribution in [3.63, 3.8) is 0 Å². The number of nitrogens with zero attached hydrogens (tertiary/aromatic N) is 7. The van der Waals surface area contributed by atoms with Gasteiger partial charge in [0.15, 0.2) is 0 Å². The Balaban J connectivity index is 1.60. The monoisotopic (exact) mass is 620 g/mol. The molecular weight excluding hydrogens is 580 g/mol. The molecular formula is C31H40N8O4S. The lowest BCUT2D eigenvalue weighted by molar-refractivity contribution is -0.127. The number of carbonyl (C=O) groups excluding carboxylic acids is 2. The van der Waals surface area contributed by atoms with Crippen molar-refractivity contribution in [3.05, 3.63) is 66.0 Å². The molecule has 2 heterocycles. The lowest BCUT2D eigenvalue weighted by atomic mass is 9.94. The van der Waals surface area contributed by atoms with Crippen LogP contribution in [-0.4, -0.2) is 68.4 Å². The first-order valence-corrected chi connectivity index (χ1v) is 16.6. The molecule has 0 radical (unpaired) electrons. The van der Waals surface area contributed by atoms with Crippen LogP contribution in [0, 0.1) is 6.92 Å². The Hall–Kier alpha value is -4.10. The van der Waals surface area contributed by atoms with Crippen LogP contribution in [0.15, 0.2) is 59.6 Å². The summed E-state index contributed by atoms with van der Waals surface area (Å²) in [5, 5.41) is 16.1. The first kappa shape index (κ1) is 31.3. The van der Waals surface area contributed by atoms with E-state index >= 15 is 0 Å². The number of aromatic nitrogens is 5. The van der Waals surface area contributed by atoms with Gasteiger partial charge in [-0.25, -0.2) is 13.1 Å². The van der Waals surface area contributed by atoms with Gasteiger partial charge in [-0.15, -0.1) is 5.10 Å². The van der Waals surface area contributed by atoms with Gasteiger partial charge in [0.1, 0.15) is 18.1 Å². The molecule has 1 atom stereocenters. The fraction of sp³-hybridized carbons (Fsp3) is 0.452. The number of amides is 2. The average Bonchev–Trinajstić information content (AvgIpc) is 3.58. The van der Waals surface area contributed by atoms with Crippen LogP contribution in [0.4, 0.5) is 5.69 Å². The van der Waals surface area contributed by atoms with Gasteiger partial charge in [-0.1, -0.05) is 50.5 Å². The normalized spacial score (nSPS) is 15.0. The molecule has 0 saturated heterocycles. The second-order valence-corrected chi connectivity index (χ2v) is 13.1. The summed E-state index contributed by atoms with van der Waals surface area (Å²) < 4.78 is 31.0. The fourth-order valence-corrected chi connectivity index (χ4v) is 7.44. The Morgan fingerprint density at radius 3 is 2.34 bits per heavy atom. The van der Waals surface area contributed by atoms with E-state index in [1.165, 1.54) is 26.0 Å². The van der Waals surface area contributed by atoms with E-state index in [0.717, 1.165) is 32.1 Å². The van der Waals surface area contributed by atoms with E-state index < -0.39 is 22.0 Å². The van der Waals surface area contributed by atoms with E-state index in [9.17, 15) is 18.0 Å². The number of aryl methyl sites for hydroxylation is 2. The highest BCUT2D eigenvalue weighted by molar-refractivity contribution is 7.89. The Labute approximate surface area is 258 Å². The minimum atomic E-state index is -3.73. The number of carbonyl (C=O) groups is 2. The maximum atomic E-state index is 14.4. The van der Waals surface area contributed by atoms with E-state index in [1.54, 1.807) is 43.9 Å². The minimum Gasteiger partial charge on any atom is -0.351 e. The molecule has 0 aliphatic heterocycles. The molecule has 2 aromatic heterocycles. The molecule has 4 aromatic rings. The standard InChI is InChI=1S/C31H40N8O4S/c1-5-37(6-2)44(42,43)25-18-16-24(17-19-25)39(29(40)21-38-28-15-11-10-14-27(28)33-35-38)30(26-20-36(4)34-22(26)3)31(41)32-23-12-8-7-9-13-23/h10-11,14-20,23,30H,5-9,12-13,21H2,1-4H3,(H,32,41)/t30-/m0/s1. The summed E-state index contributed by atoms with van der Waals surface area (Å²) in [6, 6.07) is 12.4. The molecule has 44 heavy (non-hydrogen) atoms. The molecule has 1 N–H and O–H groups in total. The van der Waals surface area contributed by atoms with E-state index in [4.69, 9.17) is 0 Å². The number of para-hydroxylation sites is 1. The van der Waals surface area contributed by atoms with Crippen LogP contribution in [0.5, 0.6) is 0 Å². The minimum absolute atomic E-state index is 0.00790. The van der Waals surface area contributed by atoms with E-state index in [0.29, 0.717) is 41.1 Å². The third-order valence-corrected chi connectivity index (χ3v) is 10.3. The average molecular weight is 621 g/mol. The second-order valence-electron chi connectivity index (χ2n) is 11.2. The van der Waals surface area contributed by atoms with Crippen molar-refractivity contribution in [3.8, 4) is 0 Å². The molecule has 1 aliphatic rings. The quantitative estimate of drug-likeness (QED) is 0.270. The predicted molar refractivity (Wildman–Crippen MR) is 167 cm³/mol. The Bertz CT molecular complexity index is 1720. The van der Waals surface area contributed by atoms with Crippen molar-refractivity contribution in [1.29, 1.82) is 0 Å². The van der Waals surface area contributed by atoms with Gasteiger partial charge in [0.05, 0.1) is 16.1 Å². The molecule has 5 rings (SSSR count). The number of sulfonamides is 1. The summed E-state index contributed by atoms with van der Waals surface area (Å²) in [6.45, 7) is 5.86. The highest BCUT2D eigenvalue weighted by Crippen LogP contribution is 2.32. The predicted octanol–water partition coefficient (Wildman–Crippen LogP) is 3.73. The van der Waals surface area contributed by atoms with Crippen LogP contribution in [0.25, 0.3) is 11.0 Å². The smallest absolute Gasteiger partial charge is 0.249 e. The molecule has 0 unspecified atom stereocenters. The van der Waals surface area contributed by atoms with Gasteiger partial charge in [-0.05, 0) is 56.2 Å². The van der Waals surface area contributed by atoms with Crippen molar-refractivity contribution in [2.24, 2.45) is 7.05 Å². The molecule has 1 saturated carbocycles. The van der Waals surface area contributed by atoms with Crippen molar-refractivity contribution in [2.75, 3.05) is 18.0 Å². The van der Waals surface area contributed by atoms with E-state index in [2.05, 4.69) is 20.7 Å². The Morgan fingerprint density at radius 2 is 1.70 bits per heavy atom. The van der Waals surface area contributed by atoms with Gasteiger partial charge in [0.25, 0.3) is 0 Å². The van der Waals surface area contributed by atoms with Crippen LogP contribution < -0.4 is 10.2 Å². The number of fused-ring (bicyclic) bond motifs is 1. The third-order valence-electron chi connectivity index (χ3n) is 8.24. The van der Waals surface area contributed by atoms with Crippen LogP contribution in [0.3, 0.4) is 0 Å². The number of nitrogens with one attached hydrogen (secondary N) is 1. The number of hydrogen-bond acceptors (Lipinski definition) is 7. The Morgan fingerprint density at radius 1 is 1.02 bits per heavy atom. The van der Waals surface area contributed by atoms with Gasteiger partial charge in [0, 0.05) is 43.6 Å². The summed E-state index contributed by atoms with van der Waals surface area (Å²) in [4.78, 5) is 30.1. The van der Waals surface area contributed by atoms with Gasteiger partial charge >= 0.3 is 0 Å². The van der Waals surface area contributed by atoms with Crippen LogP contribution in [0.1, 0.15) is 63.3 Å². The third kappa shape index (κ3) is 6.39. The van der Waals surface area contributed by atoms with E-state index in [-0.39, 0.29) is 23.4 Å². The molecule has 234 valence electrons. The van der Waals surface area contributed by atoms with Crippen LogP contribution >= 0.6 is 0 Å². The maximum Gasteiger partial charge on any atom is 0.249 e. The maximum absolute atomic E-state index is 14.4. The molecule has 13 heteroatoms. The number of benzene rings is 2. The zero-order valence-electron chi connectivity index (χ0n) is 25.7. The van der Waals surface area contributed by atoms with Crippen molar-refractivity contribution >= 4 is 38.6 Å². The first-order valence-electron chi connectivity index (χ1n) is 15.1. The first-order chi connectivity index (χ1) is 21.1. The number of rotatable bonds is 11. The summed E-state index contributed by atoms with van der Waals surface area (Å²) >= 11 is 0. The van der Waals surface area contributed by atoms with Gasteiger partial charge in [-0.3, -0.25) is 19.2 Å². The summed E-state index contributed by atoms with van der Waals surface area (Å²) in [5.74, 6) is -0.725. The zero-order chi connectivity index (χ0) is 31.4. The highest BCUT2D eigenvalue weighted by Gasteiger charge is 2.37. The summed E-state index contributed by atoms with van der Waals surface area (Å²) in [6.07, 6.45) is 6.71. The highest BCUT2D eigenvalue weighted by atomic mass is 32.2. The lowest BCUT2D eigenvalue weighted by Crippen LogP contribution is -2.48. The summed E-state index contributed by atoms with van der Waals surface area (Å²) in [7, 11) is -1.95. The summed E-state index contributed by atoms with van der Waals surface area (Å²) in [5.41, 5.74) is 2.90. The van der Waals surface area contributed by atoms with Gasteiger partial charge in [-0.2, -0.15) is 9.40 Å². The molecule has 1 fully saturated rings. The second kappa shape index (κ2) is 13.3. The molecule has 12 nitrogen and oxygen atoms in total.